The van der Waals surface area contributed by atoms with E-state index in [1.54, 1.807) is 34.0 Å². The van der Waals surface area contributed by atoms with Crippen LogP contribution in [0.2, 0.25) is 0 Å². The van der Waals surface area contributed by atoms with Crippen molar-refractivity contribution >= 4 is 27.5 Å². The van der Waals surface area contributed by atoms with E-state index in [1.165, 1.54) is 11.7 Å². The number of halogens is 3. The Morgan fingerprint density at radius 2 is 1.91 bits per heavy atom. The first kappa shape index (κ1) is 20.7. The molecule has 0 N–H and O–H groups in total. The van der Waals surface area contributed by atoms with Crippen molar-refractivity contribution in [3.63, 3.8) is 0 Å². The number of carbonyl (C=O) groups excluding carboxylic acids is 1. The van der Waals surface area contributed by atoms with Gasteiger partial charge < -0.3 is 4.90 Å². The first-order chi connectivity index (χ1) is 15.1. The van der Waals surface area contributed by atoms with Gasteiger partial charge in [0.05, 0.1) is 38.9 Å². The van der Waals surface area contributed by atoms with Gasteiger partial charge in [-0.25, -0.2) is 4.98 Å². The largest absolute Gasteiger partial charge is 0.435 e. The number of thiazole rings is 1. The first-order valence-corrected chi connectivity index (χ1v) is 10.8. The van der Waals surface area contributed by atoms with Crippen molar-refractivity contribution in [2.24, 2.45) is 14.1 Å². The highest BCUT2D eigenvalue weighted by Crippen LogP contribution is 2.35. The third kappa shape index (κ3) is 3.36. The SMILES string of the molecule is Cc1nc2ccc(C(=O)N3CCc4c(nn(C)c4-c4cc(C(F)(F)F)nn4C)C3)cc2s1. The van der Waals surface area contributed by atoms with E-state index in [1.807, 2.05) is 19.1 Å². The smallest absolute Gasteiger partial charge is 0.332 e. The number of benzene rings is 1. The van der Waals surface area contributed by atoms with Crippen molar-refractivity contribution in [3.8, 4) is 11.4 Å². The number of rotatable bonds is 2. The molecule has 0 atom stereocenters. The Bertz CT molecular complexity index is 1370. The van der Waals surface area contributed by atoms with E-state index in [4.69, 9.17) is 0 Å². The number of aryl methyl sites for hydroxylation is 3. The molecule has 1 aliphatic rings. The van der Waals surface area contributed by atoms with E-state index in [-0.39, 0.29) is 5.91 Å². The number of alkyl halides is 3. The normalized spacial score (nSPS) is 14.2. The molecule has 0 radical (unpaired) electrons. The summed E-state index contributed by atoms with van der Waals surface area (Å²) in [4.78, 5) is 19.3. The predicted octanol–water partition coefficient (Wildman–Crippen LogP) is 3.96. The second kappa shape index (κ2) is 7.16. The molecule has 0 fully saturated rings. The summed E-state index contributed by atoms with van der Waals surface area (Å²) in [6, 6.07) is 6.52. The van der Waals surface area contributed by atoms with Gasteiger partial charge in [-0.15, -0.1) is 11.3 Å². The highest BCUT2D eigenvalue weighted by Gasteiger charge is 2.36. The molecule has 4 heterocycles. The number of carbonyl (C=O) groups is 1. The molecule has 1 aromatic carbocycles. The third-order valence-electron chi connectivity index (χ3n) is 5.64. The summed E-state index contributed by atoms with van der Waals surface area (Å²) in [6.45, 7) is 2.68. The Morgan fingerprint density at radius 3 is 2.62 bits per heavy atom. The van der Waals surface area contributed by atoms with Gasteiger partial charge in [0.25, 0.3) is 5.91 Å². The summed E-state index contributed by atoms with van der Waals surface area (Å²) in [7, 11) is 3.18. The molecular weight excluding hydrogens is 441 g/mol. The molecule has 0 bridgehead atoms. The summed E-state index contributed by atoms with van der Waals surface area (Å²) in [6.07, 6.45) is -4.02. The first-order valence-electron chi connectivity index (χ1n) is 9.94. The minimum Gasteiger partial charge on any atom is -0.332 e. The zero-order valence-electron chi connectivity index (χ0n) is 17.6. The molecule has 0 saturated heterocycles. The molecule has 166 valence electrons. The molecule has 0 saturated carbocycles. The molecule has 4 aromatic rings. The summed E-state index contributed by atoms with van der Waals surface area (Å²) < 4.78 is 43.1. The van der Waals surface area contributed by atoms with Crippen LogP contribution in [0, 0.1) is 6.92 Å². The molecule has 11 heteroatoms. The minimum absolute atomic E-state index is 0.101. The Hall–Kier alpha value is -3.21. The van der Waals surface area contributed by atoms with E-state index in [2.05, 4.69) is 15.2 Å². The van der Waals surface area contributed by atoms with Crippen LogP contribution in [0.25, 0.3) is 21.6 Å². The Morgan fingerprint density at radius 1 is 1.12 bits per heavy atom. The van der Waals surface area contributed by atoms with E-state index < -0.39 is 11.9 Å². The van der Waals surface area contributed by atoms with Crippen molar-refractivity contribution in [2.45, 2.75) is 26.1 Å². The van der Waals surface area contributed by atoms with Gasteiger partial charge in [0, 0.05) is 31.8 Å². The molecule has 1 amide bonds. The molecule has 0 spiro atoms. The molecule has 0 aliphatic carbocycles. The topological polar surface area (TPSA) is 68.8 Å². The van der Waals surface area contributed by atoms with Crippen LogP contribution in [-0.4, -0.2) is 41.9 Å². The lowest BCUT2D eigenvalue weighted by Crippen LogP contribution is -2.36. The van der Waals surface area contributed by atoms with Gasteiger partial charge in [0.1, 0.15) is 0 Å². The maximum absolute atomic E-state index is 13.1. The molecule has 7 nitrogen and oxygen atoms in total. The zero-order valence-corrected chi connectivity index (χ0v) is 18.4. The minimum atomic E-state index is -4.52. The molecule has 32 heavy (non-hydrogen) atoms. The number of fused-ring (bicyclic) bond motifs is 2. The fourth-order valence-corrected chi connectivity index (χ4v) is 5.06. The summed E-state index contributed by atoms with van der Waals surface area (Å²) in [5.41, 5.74) is 2.99. The van der Waals surface area contributed by atoms with Gasteiger partial charge in [-0.05, 0) is 37.6 Å². The molecular formula is C21H19F3N6OS. The van der Waals surface area contributed by atoms with Gasteiger partial charge in [0.15, 0.2) is 5.69 Å². The van der Waals surface area contributed by atoms with Crippen LogP contribution < -0.4 is 0 Å². The molecule has 0 unspecified atom stereocenters. The van der Waals surface area contributed by atoms with Crippen molar-refractivity contribution < 1.29 is 18.0 Å². The molecule has 3 aromatic heterocycles. The van der Waals surface area contributed by atoms with Gasteiger partial charge >= 0.3 is 6.18 Å². The summed E-state index contributed by atoms with van der Waals surface area (Å²) in [5, 5.41) is 9.07. The van der Waals surface area contributed by atoms with Crippen LogP contribution in [0.3, 0.4) is 0 Å². The van der Waals surface area contributed by atoms with Crippen molar-refractivity contribution in [2.75, 3.05) is 6.54 Å². The second-order valence-electron chi connectivity index (χ2n) is 7.83. The van der Waals surface area contributed by atoms with Crippen LogP contribution >= 0.6 is 11.3 Å². The maximum atomic E-state index is 13.1. The standard InChI is InChI=1S/C21H19F3N6OS/c1-11-25-14-5-4-12(8-17(14)32-11)20(31)30-7-6-13-15(10-30)26-29(3)19(13)16-9-18(21(22,23)24)27-28(16)2/h4-5,8-9H,6-7,10H2,1-3H3. The number of hydrogen-bond donors (Lipinski definition) is 0. The number of aromatic nitrogens is 5. The fraction of sp³-hybridized carbons (Fsp3) is 0.333. The van der Waals surface area contributed by atoms with Gasteiger partial charge in [-0.2, -0.15) is 23.4 Å². The fourth-order valence-electron chi connectivity index (χ4n) is 4.20. The summed E-state index contributed by atoms with van der Waals surface area (Å²) >= 11 is 1.54. The maximum Gasteiger partial charge on any atom is 0.435 e. The number of hydrogen-bond acceptors (Lipinski definition) is 5. The average Bonchev–Trinajstić information content (AvgIpc) is 3.38. The Labute approximate surface area is 185 Å². The lowest BCUT2D eigenvalue weighted by molar-refractivity contribution is -0.141. The molecule has 5 rings (SSSR count). The van der Waals surface area contributed by atoms with Crippen LogP contribution in [-0.2, 0) is 33.2 Å². The van der Waals surface area contributed by atoms with E-state index in [9.17, 15) is 18.0 Å². The van der Waals surface area contributed by atoms with Crippen LogP contribution in [0.5, 0.6) is 0 Å². The summed E-state index contributed by atoms with van der Waals surface area (Å²) in [5.74, 6) is -0.101. The highest BCUT2D eigenvalue weighted by molar-refractivity contribution is 7.18. The van der Waals surface area contributed by atoms with Gasteiger partial charge in [-0.1, -0.05) is 0 Å². The second-order valence-corrected chi connectivity index (χ2v) is 9.06. The van der Waals surface area contributed by atoms with Crippen LogP contribution in [0.15, 0.2) is 24.3 Å². The number of nitrogens with zero attached hydrogens (tertiary/aromatic N) is 6. The third-order valence-corrected chi connectivity index (χ3v) is 6.58. The predicted molar refractivity (Wildman–Crippen MR) is 113 cm³/mol. The van der Waals surface area contributed by atoms with Gasteiger partial charge in [-0.3, -0.25) is 14.2 Å². The van der Waals surface area contributed by atoms with Crippen molar-refractivity contribution in [1.29, 1.82) is 0 Å². The van der Waals surface area contributed by atoms with Crippen molar-refractivity contribution in [3.05, 3.63) is 51.8 Å². The highest BCUT2D eigenvalue weighted by atomic mass is 32.1. The van der Waals surface area contributed by atoms with E-state index >= 15 is 0 Å². The monoisotopic (exact) mass is 460 g/mol. The van der Waals surface area contributed by atoms with E-state index in [0.717, 1.165) is 26.9 Å². The zero-order chi connectivity index (χ0) is 22.8. The Balaban J connectivity index is 1.45. The Kier molecular flexibility index (Phi) is 4.63. The van der Waals surface area contributed by atoms with Crippen LogP contribution in [0.1, 0.15) is 32.3 Å². The van der Waals surface area contributed by atoms with E-state index in [0.29, 0.717) is 42.2 Å². The van der Waals surface area contributed by atoms with Crippen LogP contribution in [0.4, 0.5) is 13.2 Å². The lowest BCUT2D eigenvalue weighted by atomic mass is 10.0. The number of amides is 1. The quantitative estimate of drug-likeness (QED) is 0.454. The lowest BCUT2D eigenvalue weighted by Gasteiger charge is -2.26. The van der Waals surface area contributed by atoms with Crippen molar-refractivity contribution in [1.82, 2.24) is 29.4 Å². The molecule has 1 aliphatic heterocycles. The average molecular weight is 460 g/mol. The van der Waals surface area contributed by atoms with Gasteiger partial charge in [0.2, 0.25) is 0 Å².